The first kappa shape index (κ1) is 23.3. The monoisotopic (exact) mass is 482 g/mol. The first-order valence-electron chi connectivity index (χ1n) is 11.9. The van der Waals surface area contributed by atoms with Crippen molar-refractivity contribution in [1.82, 2.24) is 14.9 Å². The number of nitrogens with zero attached hydrogens (tertiary/aromatic N) is 3. The molecule has 1 fully saturated rings. The number of carbonyl (C=O) groups is 2. The maximum absolute atomic E-state index is 14.0. The van der Waals surface area contributed by atoms with Crippen LogP contribution in [0.25, 0.3) is 11.0 Å². The summed E-state index contributed by atoms with van der Waals surface area (Å²) in [6.45, 7) is 2.24. The van der Waals surface area contributed by atoms with Crippen LogP contribution in [0.3, 0.4) is 0 Å². The van der Waals surface area contributed by atoms with Gasteiger partial charge in [-0.1, -0.05) is 48.5 Å². The molecule has 1 aliphatic rings. The number of ether oxygens (including phenoxy) is 1. The Morgan fingerprint density at radius 2 is 1.75 bits per heavy atom. The van der Waals surface area contributed by atoms with E-state index in [9.17, 15) is 14.4 Å². The van der Waals surface area contributed by atoms with Crippen LogP contribution in [0, 0.1) is 6.92 Å². The zero-order valence-electron chi connectivity index (χ0n) is 19.9. The molecule has 1 unspecified atom stereocenters. The number of amides is 2. The molecular weight excluding hydrogens is 456 g/mol. The molecule has 2 heterocycles. The molecule has 1 atom stereocenters. The van der Waals surface area contributed by atoms with Crippen LogP contribution in [0.4, 0.5) is 16.2 Å². The quantitative estimate of drug-likeness (QED) is 0.445. The summed E-state index contributed by atoms with van der Waals surface area (Å²) in [6, 6.07) is 23.4. The Bertz CT molecular complexity index is 1450. The largest absolute Gasteiger partial charge is 0.445 e. The van der Waals surface area contributed by atoms with Gasteiger partial charge in [0.25, 0.3) is 11.5 Å². The van der Waals surface area contributed by atoms with Crippen molar-refractivity contribution in [2.24, 2.45) is 0 Å². The van der Waals surface area contributed by atoms with E-state index in [1.165, 1.54) is 4.90 Å². The van der Waals surface area contributed by atoms with Crippen molar-refractivity contribution in [3.63, 3.8) is 0 Å². The Morgan fingerprint density at radius 3 is 2.50 bits per heavy atom. The first-order chi connectivity index (χ1) is 17.5. The fourth-order valence-corrected chi connectivity index (χ4v) is 4.48. The molecule has 3 aromatic carbocycles. The van der Waals surface area contributed by atoms with E-state index in [1.54, 1.807) is 30.0 Å². The minimum absolute atomic E-state index is 0.146. The van der Waals surface area contributed by atoms with Crippen LogP contribution in [-0.4, -0.2) is 39.5 Å². The molecule has 182 valence electrons. The predicted octanol–water partition coefficient (Wildman–Crippen LogP) is 4.70. The van der Waals surface area contributed by atoms with Crippen molar-refractivity contribution in [3.8, 4) is 0 Å². The lowest BCUT2D eigenvalue weighted by Crippen LogP contribution is -2.46. The Kier molecular flexibility index (Phi) is 6.49. The number of aromatic amines is 1. The second kappa shape index (κ2) is 10.0. The van der Waals surface area contributed by atoms with Crippen LogP contribution >= 0.6 is 0 Å². The minimum Gasteiger partial charge on any atom is -0.445 e. The summed E-state index contributed by atoms with van der Waals surface area (Å²) in [7, 11) is 0. The number of anilines is 2. The number of H-pyrrole nitrogens is 1. The van der Waals surface area contributed by atoms with Crippen LogP contribution in [0.15, 0.2) is 83.7 Å². The van der Waals surface area contributed by atoms with Crippen LogP contribution in [0.5, 0.6) is 0 Å². The number of aromatic nitrogens is 2. The molecule has 8 heteroatoms. The van der Waals surface area contributed by atoms with E-state index in [-0.39, 0.29) is 18.1 Å². The van der Waals surface area contributed by atoms with Crippen LogP contribution in [0.2, 0.25) is 0 Å². The van der Waals surface area contributed by atoms with Gasteiger partial charge in [0.1, 0.15) is 18.3 Å². The van der Waals surface area contributed by atoms with Gasteiger partial charge in [-0.3, -0.25) is 19.4 Å². The molecule has 0 spiro atoms. The van der Waals surface area contributed by atoms with E-state index in [0.29, 0.717) is 47.5 Å². The van der Waals surface area contributed by atoms with Gasteiger partial charge < -0.3 is 9.72 Å². The molecule has 0 aliphatic carbocycles. The number of aryl methyl sites for hydroxylation is 1. The lowest BCUT2D eigenvalue weighted by Gasteiger charge is -2.30. The average Bonchev–Trinajstić information content (AvgIpc) is 3.40. The smallest absolute Gasteiger partial charge is 0.410 e. The van der Waals surface area contributed by atoms with Gasteiger partial charge in [-0.25, -0.2) is 9.78 Å². The van der Waals surface area contributed by atoms with E-state index in [4.69, 9.17) is 4.74 Å². The molecule has 1 aliphatic heterocycles. The third kappa shape index (κ3) is 4.70. The van der Waals surface area contributed by atoms with E-state index < -0.39 is 12.1 Å². The topological polar surface area (TPSA) is 95.6 Å². The Morgan fingerprint density at radius 1 is 1.03 bits per heavy atom. The number of rotatable bonds is 5. The summed E-state index contributed by atoms with van der Waals surface area (Å²) in [5.41, 5.74) is 3.42. The van der Waals surface area contributed by atoms with Crippen molar-refractivity contribution in [3.05, 3.63) is 100 Å². The lowest BCUT2D eigenvalue weighted by molar-refractivity contribution is -0.121. The third-order valence-electron chi connectivity index (χ3n) is 6.32. The second-order valence-electron chi connectivity index (χ2n) is 8.75. The second-order valence-corrected chi connectivity index (χ2v) is 8.75. The average molecular weight is 483 g/mol. The molecule has 1 saturated heterocycles. The molecular formula is C28H26N4O4. The molecule has 4 aromatic rings. The number of hydrogen-bond acceptors (Lipinski definition) is 5. The van der Waals surface area contributed by atoms with Crippen molar-refractivity contribution in [1.29, 1.82) is 0 Å². The molecule has 1 aromatic heterocycles. The third-order valence-corrected chi connectivity index (χ3v) is 6.32. The number of para-hydroxylation sites is 1. The summed E-state index contributed by atoms with van der Waals surface area (Å²) >= 11 is 0. The molecule has 36 heavy (non-hydrogen) atoms. The zero-order valence-corrected chi connectivity index (χ0v) is 19.9. The van der Waals surface area contributed by atoms with Crippen molar-refractivity contribution in [2.75, 3.05) is 11.4 Å². The molecule has 1 N–H and O–H groups in total. The Balaban J connectivity index is 1.45. The fraction of sp³-hybridized carbons (Fsp3) is 0.214. The van der Waals surface area contributed by atoms with E-state index >= 15 is 0 Å². The predicted molar refractivity (Wildman–Crippen MR) is 137 cm³/mol. The number of benzene rings is 3. The summed E-state index contributed by atoms with van der Waals surface area (Å²) in [4.78, 5) is 49.2. The van der Waals surface area contributed by atoms with Gasteiger partial charge in [0.15, 0.2) is 0 Å². The lowest BCUT2D eigenvalue weighted by atomic mass is 10.1. The van der Waals surface area contributed by atoms with Gasteiger partial charge >= 0.3 is 6.09 Å². The Labute approximate surface area is 208 Å². The first-order valence-corrected chi connectivity index (χ1v) is 11.9. The number of fused-ring (bicyclic) bond motifs is 1. The van der Waals surface area contributed by atoms with Gasteiger partial charge in [0.05, 0.1) is 16.7 Å². The zero-order chi connectivity index (χ0) is 25.1. The van der Waals surface area contributed by atoms with Crippen LogP contribution < -0.4 is 10.5 Å². The summed E-state index contributed by atoms with van der Waals surface area (Å²) in [5.74, 6) is -0.226. The Hall–Kier alpha value is -4.46. The minimum atomic E-state index is -0.658. The van der Waals surface area contributed by atoms with Crippen molar-refractivity contribution < 1.29 is 14.3 Å². The van der Waals surface area contributed by atoms with E-state index in [1.807, 2.05) is 60.7 Å². The highest BCUT2D eigenvalue weighted by atomic mass is 16.6. The van der Waals surface area contributed by atoms with Crippen LogP contribution in [0.1, 0.15) is 24.1 Å². The maximum atomic E-state index is 14.0. The molecule has 0 radical (unpaired) electrons. The normalized spacial score (nSPS) is 15.1. The summed E-state index contributed by atoms with van der Waals surface area (Å²) < 4.78 is 5.54. The summed E-state index contributed by atoms with van der Waals surface area (Å²) in [5, 5.41) is 0. The maximum Gasteiger partial charge on any atom is 0.410 e. The number of carbonyl (C=O) groups excluding carboxylic acids is 2. The molecule has 2 amide bonds. The van der Waals surface area contributed by atoms with Gasteiger partial charge in [-0.05, 0) is 55.7 Å². The van der Waals surface area contributed by atoms with Crippen LogP contribution in [-0.2, 0) is 16.1 Å². The van der Waals surface area contributed by atoms with Gasteiger partial charge in [-0.15, -0.1) is 0 Å². The molecule has 5 rings (SSSR count). The highest BCUT2D eigenvalue weighted by Crippen LogP contribution is 2.31. The van der Waals surface area contributed by atoms with Crippen molar-refractivity contribution >= 4 is 34.4 Å². The fourth-order valence-electron chi connectivity index (χ4n) is 4.48. The highest BCUT2D eigenvalue weighted by molar-refractivity contribution is 6.05. The van der Waals surface area contributed by atoms with Crippen molar-refractivity contribution in [2.45, 2.75) is 32.4 Å². The highest BCUT2D eigenvalue weighted by Gasteiger charge is 2.38. The molecule has 8 nitrogen and oxygen atoms in total. The molecule has 0 saturated carbocycles. The molecule has 0 bridgehead atoms. The standard InChI is InChI=1S/C28H26N4O4/c1-19-26(33)30-23-15-14-22(17-24(23)29-19)32(21-11-6-3-7-12-21)27(34)25-13-8-16-31(25)28(35)36-18-20-9-4-2-5-10-20/h2-7,9-12,14-15,17,25H,8,13,16,18H2,1H3,(H,30,33). The number of likely N-dealkylation sites (tertiary alicyclic amines) is 1. The van der Waals surface area contributed by atoms with Gasteiger partial charge in [0.2, 0.25) is 0 Å². The van der Waals surface area contributed by atoms with E-state index in [2.05, 4.69) is 9.97 Å². The van der Waals surface area contributed by atoms with Gasteiger partial charge in [0, 0.05) is 12.2 Å². The number of nitrogens with one attached hydrogen (secondary N) is 1. The van der Waals surface area contributed by atoms with E-state index in [0.717, 1.165) is 5.56 Å². The van der Waals surface area contributed by atoms with Gasteiger partial charge in [-0.2, -0.15) is 0 Å². The number of hydrogen-bond donors (Lipinski definition) is 1. The SMILES string of the molecule is Cc1nc2cc(N(C(=O)C3CCCN3C(=O)OCc3ccccc3)c3ccccc3)ccc2[nH]c1=O. The summed E-state index contributed by atoms with van der Waals surface area (Å²) in [6.07, 6.45) is 0.746.